The first-order valence-electron chi connectivity index (χ1n) is 10.3. The average Bonchev–Trinajstić information content (AvgIpc) is 2.88. The van der Waals surface area contributed by atoms with Gasteiger partial charge in [0.05, 0.1) is 22.5 Å². The van der Waals surface area contributed by atoms with Crippen molar-refractivity contribution >= 4 is 46.7 Å². The fourth-order valence-electron chi connectivity index (χ4n) is 3.70. The summed E-state index contributed by atoms with van der Waals surface area (Å²) in [4.78, 5) is 27.9. The molecular formula is C24H27Cl3N2O3. The van der Waals surface area contributed by atoms with Crippen molar-refractivity contribution in [3.8, 4) is 5.75 Å². The molecule has 8 heteroatoms. The molecule has 3 rings (SSSR count). The zero-order chi connectivity index (χ0) is 23.8. The van der Waals surface area contributed by atoms with E-state index in [1.807, 2.05) is 36.4 Å². The molecule has 0 atom stereocenters. The van der Waals surface area contributed by atoms with Crippen LogP contribution in [0.5, 0.6) is 5.75 Å². The molecule has 0 aromatic heterocycles. The molecule has 32 heavy (non-hydrogen) atoms. The van der Waals surface area contributed by atoms with E-state index in [4.69, 9.17) is 39.5 Å². The monoisotopic (exact) mass is 496 g/mol. The summed E-state index contributed by atoms with van der Waals surface area (Å²) in [7, 11) is 1.65. The van der Waals surface area contributed by atoms with E-state index < -0.39 is 11.0 Å². The zero-order valence-corrected chi connectivity index (χ0v) is 21.1. The molecule has 172 valence electrons. The molecule has 1 aliphatic heterocycles. The molecule has 0 bridgehead atoms. The van der Waals surface area contributed by atoms with Gasteiger partial charge in [-0.3, -0.25) is 9.69 Å². The number of amides is 3. The van der Waals surface area contributed by atoms with Crippen LogP contribution < -0.4 is 4.74 Å². The summed E-state index contributed by atoms with van der Waals surface area (Å²) in [5.41, 5.74) is 1.62. The lowest BCUT2D eigenvalue weighted by Gasteiger charge is -2.27. The first-order chi connectivity index (χ1) is 14.9. The predicted octanol–water partition coefficient (Wildman–Crippen LogP) is 6.11. The molecule has 1 aliphatic rings. The highest BCUT2D eigenvalue weighted by molar-refractivity contribution is 6.37. The van der Waals surface area contributed by atoms with Gasteiger partial charge in [0, 0.05) is 12.5 Å². The molecule has 2 aromatic carbocycles. The second-order valence-electron chi connectivity index (χ2n) is 8.92. The number of likely N-dealkylation sites (N-methyl/N-ethyl adjacent to an activating group) is 1. The Hall–Kier alpha value is -1.95. The van der Waals surface area contributed by atoms with Crippen molar-refractivity contribution in [2.75, 3.05) is 19.5 Å². The summed E-state index contributed by atoms with van der Waals surface area (Å²) in [5, 5.41) is 0.861. The average molecular weight is 498 g/mol. The van der Waals surface area contributed by atoms with Gasteiger partial charge in [0.2, 0.25) is 0 Å². The molecule has 0 saturated carbocycles. The van der Waals surface area contributed by atoms with E-state index in [-0.39, 0.29) is 18.5 Å². The minimum atomic E-state index is -0.836. The van der Waals surface area contributed by atoms with Gasteiger partial charge in [0.15, 0.2) is 5.75 Å². The Balaban J connectivity index is 1.82. The number of alkyl halides is 1. The second-order valence-corrected chi connectivity index (χ2v) is 10.1. The number of benzene rings is 2. The molecule has 0 radical (unpaired) electrons. The molecule has 1 saturated heterocycles. The first-order valence-corrected chi connectivity index (χ1v) is 11.6. The van der Waals surface area contributed by atoms with Gasteiger partial charge in [0.1, 0.15) is 12.1 Å². The van der Waals surface area contributed by atoms with Crippen LogP contribution in [-0.4, -0.2) is 46.8 Å². The van der Waals surface area contributed by atoms with Crippen molar-refractivity contribution in [1.29, 1.82) is 0 Å². The van der Waals surface area contributed by atoms with E-state index in [1.54, 1.807) is 20.9 Å². The Bertz CT molecular complexity index is 1010. The Kier molecular flexibility index (Phi) is 7.04. The lowest BCUT2D eigenvalue weighted by Crippen LogP contribution is -2.41. The van der Waals surface area contributed by atoms with E-state index in [9.17, 15) is 9.59 Å². The maximum atomic E-state index is 12.6. The normalized spacial score (nSPS) is 16.1. The van der Waals surface area contributed by atoms with E-state index in [1.165, 1.54) is 9.80 Å². The highest BCUT2D eigenvalue weighted by atomic mass is 35.5. The third-order valence-electron chi connectivity index (χ3n) is 6.18. The van der Waals surface area contributed by atoms with Gasteiger partial charge in [-0.15, -0.1) is 11.6 Å². The van der Waals surface area contributed by atoms with Crippen molar-refractivity contribution in [2.24, 2.45) is 0 Å². The molecule has 0 aliphatic carbocycles. The molecule has 5 nitrogen and oxygen atoms in total. The van der Waals surface area contributed by atoms with Crippen molar-refractivity contribution in [3.05, 3.63) is 63.1 Å². The summed E-state index contributed by atoms with van der Waals surface area (Å²) < 4.78 is 5.55. The number of imide groups is 1. The van der Waals surface area contributed by atoms with E-state index in [2.05, 4.69) is 13.8 Å². The Morgan fingerprint density at radius 2 is 1.56 bits per heavy atom. The zero-order valence-electron chi connectivity index (χ0n) is 18.8. The van der Waals surface area contributed by atoms with Gasteiger partial charge >= 0.3 is 6.03 Å². The number of urea groups is 1. The van der Waals surface area contributed by atoms with Crippen LogP contribution >= 0.6 is 34.8 Å². The number of halogens is 3. The Labute approximate surface area is 204 Å². The Morgan fingerprint density at radius 1 is 1.00 bits per heavy atom. The number of nitrogens with zero attached hydrogens (tertiary/aromatic N) is 2. The highest BCUT2D eigenvalue weighted by Gasteiger charge is 2.49. The van der Waals surface area contributed by atoms with Crippen LogP contribution in [-0.2, 0) is 16.8 Å². The maximum Gasteiger partial charge on any atom is 0.327 e. The van der Waals surface area contributed by atoms with Crippen LogP contribution in [0.1, 0.15) is 44.4 Å². The maximum absolute atomic E-state index is 12.6. The standard InChI is InChI=1S/C24H27Cl3N2O3/c1-23(2,17-12-18(26)20(19(27)13-17)32-11-10-25)16-8-6-15(7-9-16)14-29-21(30)24(3,4)28(5)22(29)31/h6-9,12-13H,10-11,14H2,1-5H3. The van der Waals surface area contributed by atoms with Crippen molar-refractivity contribution in [1.82, 2.24) is 9.80 Å². The fourth-order valence-corrected chi connectivity index (χ4v) is 4.37. The van der Waals surface area contributed by atoms with E-state index in [0.29, 0.717) is 28.3 Å². The van der Waals surface area contributed by atoms with Crippen LogP contribution in [0.2, 0.25) is 10.0 Å². The quantitative estimate of drug-likeness (QED) is 0.342. The predicted molar refractivity (Wildman–Crippen MR) is 129 cm³/mol. The summed E-state index contributed by atoms with van der Waals surface area (Å²) in [6.07, 6.45) is 0. The highest BCUT2D eigenvalue weighted by Crippen LogP contribution is 2.40. The number of hydrogen-bond donors (Lipinski definition) is 0. The Morgan fingerprint density at radius 3 is 2.03 bits per heavy atom. The van der Waals surface area contributed by atoms with Gasteiger partial charge in [-0.1, -0.05) is 61.3 Å². The second kappa shape index (κ2) is 9.12. The molecule has 0 spiro atoms. The molecule has 1 fully saturated rings. The number of carbonyl (C=O) groups excluding carboxylic acids is 2. The largest absolute Gasteiger partial charge is 0.489 e. The lowest BCUT2D eigenvalue weighted by atomic mass is 9.78. The van der Waals surface area contributed by atoms with Gasteiger partial charge < -0.3 is 9.64 Å². The van der Waals surface area contributed by atoms with Crippen molar-refractivity contribution < 1.29 is 14.3 Å². The van der Waals surface area contributed by atoms with Crippen LogP contribution in [0.3, 0.4) is 0 Å². The van der Waals surface area contributed by atoms with Crippen LogP contribution in [0.15, 0.2) is 36.4 Å². The van der Waals surface area contributed by atoms with Crippen molar-refractivity contribution in [3.63, 3.8) is 0 Å². The number of hydrogen-bond acceptors (Lipinski definition) is 3. The minimum absolute atomic E-state index is 0.199. The molecule has 2 aromatic rings. The van der Waals surface area contributed by atoms with E-state index in [0.717, 1.165) is 16.7 Å². The van der Waals surface area contributed by atoms with E-state index >= 15 is 0 Å². The topological polar surface area (TPSA) is 49.9 Å². The summed E-state index contributed by atoms with van der Waals surface area (Å²) in [6, 6.07) is 11.3. The number of rotatable bonds is 7. The summed E-state index contributed by atoms with van der Waals surface area (Å²) in [5.74, 6) is 0.571. The van der Waals surface area contributed by atoms with Crippen LogP contribution in [0, 0.1) is 0 Å². The van der Waals surface area contributed by atoms with Gasteiger partial charge in [-0.05, 0) is 42.7 Å². The summed E-state index contributed by atoms with van der Waals surface area (Å²) >= 11 is 18.5. The molecule has 0 unspecified atom stereocenters. The lowest BCUT2D eigenvalue weighted by molar-refractivity contribution is -0.132. The van der Waals surface area contributed by atoms with Gasteiger partial charge in [0.25, 0.3) is 5.91 Å². The van der Waals surface area contributed by atoms with Gasteiger partial charge in [-0.2, -0.15) is 0 Å². The summed E-state index contributed by atoms with van der Waals surface area (Å²) in [6.45, 7) is 8.21. The molecule has 0 N–H and O–H groups in total. The SMILES string of the molecule is CN1C(=O)N(Cc2ccc(C(C)(C)c3cc(Cl)c(OCCCl)c(Cl)c3)cc2)C(=O)C1(C)C. The van der Waals surface area contributed by atoms with Crippen LogP contribution in [0.4, 0.5) is 4.79 Å². The fraction of sp³-hybridized carbons (Fsp3) is 0.417. The third kappa shape index (κ3) is 4.43. The van der Waals surface area contributed by atoms with Crippen LogP contribution in [0.25, 0.3) is 0 Å². The smallest absolute Gasteiger partial charge is 0.327 e. The minimum Gasteiger partial charge on any atom is -0.489 e. The number of carbonyl (C=O) groups is 2. The van der Waals surface area contributed by atoms with Gasteiger partial charge in [-0.25, -0.2) is 4.79 Å². The molecular weight excluding hydrogens is 471 g/mol. The van der Waals surface area contributed by atoms with Crippen molar-refractivity contribution in [2.45, 2.75) is 45.2 Å². The molecule has 1 heterocycles. The molecule has 3 amide bonds. The first kappa shape index (κ1) is 24.7. The number of ether oxygens (including phenoxy) is 1. The third-order valence-corrected chi connectivity index (χ3v) is 6.90.